The Morgan fingerprint density at radius 1 is 1.42 bits per heavy atom. The second-order valence-electron chi connectivity index (χ2n) is 7.07. The molecule has 0 radical (unpaired) electrons. The maximum Gasteiger partial charge on any atom is 0.267 e. The number of aryl methyl sites for hydroxylation is 1. The Morgan fingerprint density at radius 2 is 2.23 bits per heavy atom. The first-order valence-electron chi connectivity index (χ1n) is 8.74. The molecule has 3 rings (SSSR count). The van der Waals surface area contributed by atoms with E-state index in [0.29, 0.717) is 18.7 Å². The van der Waals surface area contributed by atoms with Crippen LogP contribution in [0.4, 0.5) is 11.6 Å². The van der Waals surface area contributed by atoms with Crippen molar-refractivity contribution < 1.29 is 9.90 Å². The van der Waals surface area contributed by atoms with Gasteiger partial charge in [0.2, 0.25) is 0 Å². The van der Waals surface area contributed by atoms with Crippen molar-refractivity contribution in [2.45, 2.75) is 18.4 Å². The van der Waals surface area contributed by atoms with Crippen molar-refractivity contribution in [3.8, 4) is 0 Å². The van der Waals surface area contributed by atoms with Gasteiger partial charge in [-0.25, -0.2) is 9.97 Å². The normalized spacial score (nSPS) is 20.1. The monoisotopic (exact) mass is 358 g/mol. The molecule has 2 aromatic heterocycles. The van der Waals surface area contributed by atoms with Crippen LogP contribution in [0.15, 0.2) is 30.7 Å². The number of piperidine rings is 1. The van der Waals surface area contributed by atoms with Gasteiger partial charge in [-0.3, -0.25) is 4.79 Å². The number of aliphatic hydroxyl groups is 1. The molecule has 0 unspecified atom stereocenters. The van der Waals surface area contributed by atoms with Crippen LogP contribution in [-0.2, 0) is 7.05 Å². The molecule has 2 aromatic rings. The molecule has 2 N–H and O–H groups in total. The second-order valence-corrected chi connectivity index (χ2v) is 7.07. The number of hydrogen-bond donors (Lipinski definition) is 2. The van der Waals surface area contributed by atoms with E-state index in [0.717, 1.165) is 24.6 Å². The van der Waals surface area contributed by atoms with Gasteiger partial charge in [0, 0.05) is 53.0 Å². The zero-order valence-corrected chi connectivity index (χ0v) is 15.5. The molecule has 1 aliphatic rings. The van der Waals surface area contributed by atoms with E-state index >= 15 is 0 Å². The van der Waals surface area contributed by atoms with Crippen LogP contribution in [0.1, 0.15) is 23.3 Å². The topological polar surface area (TPSA) is 86.5 Å². The molecule has 3 heterocycles. The third kappa shape index (κ3) is 3.96. The van der Waals surface area contributed by atoms with Crippen LogP contribution >= 0.6 is 0 Å². The van der Waals surface area contributed by atoms with Crippen LogP contribution in [0.3, 0.4) is 0 Å². The highest BCUT2D eigenvalue weighted by Crippen LogP contribution is 2.25. The average Bonchev–Trinajstić information content (AvgIpc) is 3.06. The molecule has 0 aliphatic carbocycles. The predicted octanol–water partition coefficient (Wildman–Crippen LogP) is 0.642. The standard InChI is InChI=1S/C18H26N6O2/c1-22(2)15-10-16(21-13-20-15)24-9-5-7-18(26,12-24)11-19-17(25)14-6-4-8-23(14)3/h4,6,8,10,13,26H,5,7,9,11-12H2,1-3H3,(H,19,25)/t18-/m0/s1. The first kappa shape index (κ1) is 18.2. The van der Waals surface area contributed by atoms with Gasteiger partial charge in [-0.05, 0) is 25.0 Å². The molecule has 8 nitrogen and oxygen atoms in total. The Balaban J connectivity index is 1.66. The molecule has 0 bridgehead atoms. The summed E-state index contributed by atoms with van der Waals surface area (Å²) in [6.45, 7) is 1.45. The summed E-state index contributed by atoms with van der Waals surface area (Å²) in [4.78, 5) is 24.8. The fourth-order valence-electron chi connectivity index (χ4n) is 3.24. The minimum atomic E-state index is -0.984. The van der Waals surface area contributed by atoms with Gasteiger partial charge in [-0.2, -0.15) is 0 Å². The van der Waals surface area contributed by atoms with Crippen LogP contribution in [-0.4, -0.2) is 64.9 Å². The van der Waals surface area contributed by atoms with Crippen molar-refractivity contribution in [3.05, 3.63) is 36.4 Å². The number of nitrogens with zero attached hydrogens (tertiary/aromatic N) is 5. The van der Waals surface area contributed by atoms with Gasteiger partial charge in [-0.15, -0.1) is 0 Å². The number of carbonyl (C=O) groups excluding carboxylic acids is 1. The first-order valence-corrected chi connectivity index (χ1v) is 8.74. The minimum absolute atomic E-state index is 0.181. The van der Waals surface area contributed by atoms with Crippen LogP contribution in [0.25, 0.3) is 0 Å². The number of β-amino-alcohol motifs (C(OH)–C–C–N with tert-alkyl or cyclic N) is 1. The van der Waals surface area contributed by atoms with Gasteiger partial charge in [0.05, 0.1) is 5.60 Å². The smallest absolute Gasteiger partial charge is 0.267 e. The zero-order valence-electron chi connectivity index (χ0n) is 15.5. The molecule has 8 heteroatoms. The number of amides is 1. The molecule has 1 saturated heterocycles. The molecule has 1 atom stereocenters. The van der Waals surface area contributed by atoms with E-state index in [1.165, 1.54) is 6.33 Å². The summed E-state index contributed by atoms with van der Waals surface area (Å²) in [6, 6.07) is 5.49. The Kier molecular flexibility index (Phi) is 5.13. The van der Waals surface area contributed by atoms with Crippen molar-refractivity contribution in [3.63, 3.8) is 0 Å². The van der Waals surface area contributed by atoms with Gasteiger partial charge in [0.15, 0.2) is 0 Å². The largest absolute Gasteiger partial charge is 0.386 e. The lowest BCUT2D eigenvalue weighted by Gasteiger charge is -2.40. The van der Waals surface area contributed by atoms with Crippen LogP contribution in [0.5, 0.6) is 0 Å². The molecule has 140 valence electrons. The quantitative estimate of drug-likeness (QED) is 0.816. The molecule has 1 aliphatic heterocycles. The fourth-order valence-corrected chi connectivity index (χ4v) is 3.24. The highest BCUT2D eigenvalue weighted by molar-refractivity contribution is 5.92. The lowest BCUT2D eigenvalue weighted by molar-refractivity contribution is 0.0253. The van der Waals surface area contributed by atoms with Crippen LogP contribution in [0.2, 0.25) is 0 Å². The van der Waals surface area contributed by atoms with Crippen LogP contribution < -0.4 is 15.1 Å². The Labute approximate surface area is 153 Å². The van der Waals surface area contributed by atoms with Crippen LogP contribution in [0, 0.1) is 0 Å². The number of hydrogen-bond acceptors (Lipinski definition) is 6. The lowest BCUT2D eigenvalue weighted by Crippen LogP contribution is -2.54. The lowest BCUT2D eigenvalue weighted by atomic mass is 9.92. The Hall–Kier alpha value is -2.61. The second kappa shape index (κ2) is 7.33. The molecule has 0 saturated carbocycles. The van der Waals surface area contributed by atoms with Crippen molar-refractivity contribution in [1.82, 2.24) is 19.9 Å². The SMILES string of the molecule is CN(C)c1cc(N2CCC[C@](O)(CNC(=O)c3cccn3C)C2)ncn1. The number of carbonyl (C=O) groups is 1. The van der Waals surface area contributed by atoms with E-state index in [9.17, 15) is 9.90 Å². The summed E-state index contributed by atoms with van der Waals surface area (Å²) in [6.07, 6.45) is 4.83. The van der Waals surface area contributed by atoms with E-state index in [1.54, 1.807) is 10.6 Å². The number of rotatable bonds is 5. The van der Waals surface area contributed by atoms with Gasteiger partial charge in [0.1, 0.15) is 23.7 Å². The van der Waals surface area contributed by atoms with E-state index in [1.807, 2.05) is 49.3 Å². The molecule has 1 amide bonds. The molecule has 0 spiro atoms. The van der Waals surface area contributed by atoms with Crippen molar-refractivity contribution in [2.75, 3.05) is 43.5 Å². The Bertz CT molecular complexity index is 775. The summed E-state index contributed by atoms with van der Waals surface area (Å²) in [7, 11) is 5.68. The van der Waals surface area contributed by atoms with Crippen molar-refractivity contribution in [2.24, 2.45) is 7.05 Å². The maximum atomic E-state index is 12.3. The van der Waals surface area contributed by atoms with Gasteiger partial charge < -0.3 is 24.8 Å². The molecule has 26 heavy (non-hydrogen) atoms. The van der Waals surface area contributed by atoms with E-state index in [2.05, 4.69) is 15.3 Å². The minimum Gasteiger partial charge on any atom is -0.386 e. The van der Waals surface area contributed by atoms with E-state index < -0.39 is 5.60 Å². The zero-order chi connectivity index (χ0) is 18.7. The fraction of sp³-hybridized carbons (Fsp3) is 0.500. The number of nitrogens with one attached hydrogen (secondary N) is 1. The number of anilines is 2. The molecular formula is C18H26N6O2. The first-order chi connectivity index (χ1) is 12.4. The van der Waals surface area contributed by atoms with Gasteiger partial charge in [-0.1, -0.05) is 0 Å². The van der Waals surface area contributed by atoms with Gasteiger partial charge >= 0.3 is 0 Å². The van der Waals surface area contributed by atoms with Crippen molar-refractivity contribution >= 4 is 17.5 Å². The summed E-state index contributed by atoms with van der Waals surface area (Å²) in [5.41, 5.74) is -0.407. The van der Waals surface area contributed by atoms with E-state index in [4.69, 9.17) is 0 Å². The molecule has 0 aromatic carbocycles. The number of aromatic nitrogens is 3. The predicted molar refractivity (Wildman–Crippen MR) is 101 cm³/mol. The highest BCUT2D eigenvalue weighted by Gasteiger charge is 2.34. The average molecular weight is 358 g/mol. The molecular weight excluding hydrogens is 332 g/mol. The Morgan fingerprint density at radius 3 is 2.92 bits per heavy atom. The highest BCUT2D eigenvalue weighted by atomic mass is 16.3. The maximum absolute atomic E-state index is 12.3. The van der Waals surface area contributed by atoms with Gasteiger partial charge in [0.25, 0.3) is 5.91 Å². The third-order valence-corrected chi connectivity index (χ3v) is 4.73. The van der Waals surface area contributed by atoms with Crippen molar-refractivity contribution in [1.29, 1.82) is 0 Å². The summed E-state index contributed by atoms with van der Waals surface area (Å²) >= 11 is 0. The molecule has 1 fully saturated rings. The summed E-state index contributed by atoms with van der Waals surface area (Å²) in [5.74, 6) is 1.43. The summed E-state index contributed by atoms with van der Waals surface area (Å²) in [5, 5.41) is 13.8. The summed E-state index contributed by atoms with van der Waals surface area (Å²) < 4.78 is 1.76. The third-order valence-electron chi connectivity index (χ3n) is 4.73. The van der Waals surface area contributed by atoms with E-state index in [-0.39, 0.29) is 12.5 Å².